The Morgan fingerprint density at radius 3 is 2.11 bits per heavy atom. The molecule has 0 N–H and O–H groups in total. The summed E-state index contributed by atoms with van der Waals surface area (Å²) in [6, 6.07) is 19.3. The Hall–Kier alpha value is -0.526. The van der Waals surface area contributed by atoms with Gasteiger partial charge in [0.25, 0.3) is 0 Å². The Morgan fingerprint density at radius 2 is 1.39 bits per heavy atom. The van der Waals surface area contributed by atoms with Gasteiger partial charge in [0.05, 0.1) is 0 Å². The Bertz CT molecular complexity index is 551. The fourth-order valence-electron chi connectivity index (χ4n) is 2.26. The summed E-state index contributed by atoms with van der Waals surface area (Å²) >= 11 is 2.28. The summed E-state index contributed by atoms with van der Waals surface area (Å²) in [6.45, 7) is 0. The van der Waals surface area contributed by atoms with Gasteiger partial charge in [0.15, 0.2) is 0 Å². The van der Waals surface area contributed by atoms with Crippen molar-refractivity contribution in [3.05, 3.63) is 77.4 Å². The van der Waals surface area contributed by atoms with Gasteiger partial charge in [-0.2, -0.15) is 0 Å². The third kappa shape index (κ3) is 2.44. The summed E-state index contributed by atoms with van der Waals surface area (Å²) in [6.07, 6.45) is 4.52. The van der Waals surface area contributed by atoms with E-state index in [1.165, 1.54) is 16.7 Å². The van der Waals surface area contributed by atoms with Gasteiger partial charge in [-0.25, -0.2) is 0 Å². The molecule has 0 aromatic heterocycles. The van der Waals surface area contributed by atoms with Crippen LogP contribution in [0, 0.1) is 0 Å². The molecule has 0 bridgehead atoms. The third-order valence-electron chi connectivity index (χ3n) is 3.13. The first kappa shape index (κ1) is 15.5. The molecule has 1 aliphatic rings. The summed E-state index contributed by atoms with van der Waals surface area (Å²) in [5, 5.41) is 0. The van der Waals surface area contributed by atoms with Crippen LogP contribution in [0.15, 0.2) is 60.7 Å². The molecule has 0 saturated carbocycles. The van der Waals surface area contributed by atoms with E-state index >= 15 is 0 Å². The van der Waals surface area contributed by atoms with E-state index in [2.05, 4.69) is 87.2 Å². The molecular formula is C15H13Cl2Ti. The molecule has 0 saturated heterocycles. The maximum absolute atomic E-state index is 2.30. The van der Waals surface area contributed by atoms with Crippen molar-refractivity contribution in [1.82, 2.24) is 0 Å². The topological polar surface area (TPSA) is 0 Å². The SMILES string of the molecule is Cl.Cl.[Ti][C]1(c2ccccc2)C=Cc2ccccc21. The number of halogens is 2. The first-order valence-electron chi connectivity index (χ1n) is 5.40. The quantitative estimate of drug-likeness (QED) is 0.687. The minimum atomic E-state index is 0. The molecule has 0 fully saturated rings. The van der Waals surface area contributed by atoms with Gasteiger partial charge in [-0.05, 0) is 0 Å². The van der Waals surface area contributed by atoms with Crippen LogP contribution in [0.1, 0.15) is 16.7 Å². The number of benzene rings is 2. The monoisotopic (exact) mass is 311 g/mol. The Morgan fingerprint density at radius 1 is 0.778 bits per heavy atom. The fourth-order valence-corrected chi connectivity index (χ4v) is 3.00. The van der Waals surface area contributed by atoms with Gasteiger partial charge in [0.1, 0.15) is 0 Å². The Labute approximate surface area is 132 Å². The average Bonchev–Trinajstić information content (AvgIpc) is 2.71. The number of hydrogen-bond acceptors (Lipinski definition) is 0. The van der Waals surface area contributed by atoms with E-state index in [4.69, 9.17) is 0 Å². The van der Waals surface area contributed by atoms with Crippen molar-refractivity contribution in [3.63, 3.8) is 0 Å². The van der Waals surface area contributed by atoms with Crippen LogP contribution in [-0.2, 0) is 24.2 Å². The van der Waals surface area contributed by atoms with Crippen LogP contribution in [-0.4, -0.2) is 0 Å². The van der Waals surface area contributed by atoms with Crippen molar-refractivity contribution >= 4 is 30.9 Å². The predicted octanol–water partition coefficient (Wildman–Crippen LogP) is 4.35. The van der Waals surface area contributed by atoms with E-state index in [0.717, 1.165) is 0 Å². The van der Waals surface area contributed by atoms with E-state index in [1.807, 2.05) is 0 Å². The second-order valence-electron chi connectivity index (χ2n) is 4.09. The zero-order chi connectivity index (χ0) is 11.0. The second-order valence-corrected chi connectivity index (χ2v) is 5.33. The first-order chi connectivity index (χ1) is 7.81. The number of allylic oxidation sites excluding steroid dienone is 1. The molecule has 0 spiro atoms. The third-order valence-corrected chi connectivity index (χ3v) is 4.26. The summed E-state index contributed by atoms with van der Waals surface area (Å²) in [5.41, 5.74) is 4.10. The summed E-state index contributed by atoms with van der Waals surface area (Å²) in [5.74, 6) is 0. The summed E-state index contributed by atoms with van der Waals surface area (Å²) < 4.78 is 0.0395. The van der Waals surface area contributed by atoms with Crippen molar-refractivity contribution in [2.45, 2.75) is 3.72 Å². The van der Waals surface area contributed by atoms with Crippen LogP contribution in [0.4, 0.5) is 0 Å². The number of hydrogen-bond donors (Lipinski definition) is 0. The first-order valence-corrected chi connectivity index (χ1v) is 6.18. The van der Waals surface area contributed by atoms with E-state index in [-0.39, 0.29) is 28.5 Å². The van der Waals surface area contributed by atoms with Crippen LogP contribution in [0.2, 0.25) is 0 Å². The number of fused-ring (bicyclic) bond motifs is 1. The molecule has 2 aromatic carbocycles. The average molecular weight is 312 g/mol. The Kier molecular flexibility index (Phi) is 5.25. The van der Waals surface area contributed by atoms with Gasteiger partial charge in [-0.3, -0.25) is 0 Å². The molecule has 0 aliphatic heterocycles. The molecule has 2 aromatic rings. The van der Waals surface area contributed by atoms with E-state index in [1.54, 1.807) is 0 Å². The van der Waals surface area contributed by atoms with Crippen LogP contribution in [0.3, 0.4) is 0 Å². The van der Waals surface area contributed by atoms with Crippen molar-refractivity contribution < 1.29 is 20.4 Å². The van der Waals surface area contributed by atoms with Gasteiger partial charge in [0, 0.05) is 0 Å². The van der Waals surface area contributed by atoms with Crippen molar-refractivity contribution in [2.24, 2.45) is 0 Å². The molecule has 0 radical (unpaired) electrons. The zero-order valence-electron chi connectivity index (χ0n) is 9.67. The van der Waals surface area contributed by atoms with Crippen LogP contribution in [0.5, 0.6) is 0 Å². The Balaban J connectivity index is 0.000000810. The predicted molar refractivity (Wildman–Crippen MR) is 77.2 cm³/mol. The molecule has 1 unspecified atom stereocenters. The molecule has 3 heteroatoms. The van der Waals surface area contributed by atoms with E-state index in [9.17, 15) is 0 Å². The summed E-state index contributed by atoms with van der Waals surface area (Å²) in [7, 11) is 0. The van der Waals surface area contributed by atoms with Gasteiger partial charge in [-0.15, -0.1) is 24.8 Å². The van der Waals surface area contributed by atoms with E-state index < -0.39 is 0 Å². The van der Waals surface area contributed by atoms with Gasteiger partial charge in [0.2, 0.25) is 0 Å². The molecule has 0 heterocycles. The molecule has 3 rings (SSSR count). The maximum atomic E-state index is 2.30. The second kappa shape index (κ2) is 6.08. The van der Waals surface area contributed by atoms with Gasteiger partial charge in [-0.1, -0.05) is 0 Å². The van der Waals surface area contributed by atoms with Crippen LogP contribution in [0.25, 0.3) is 6.08 Å². The fraction of sp³-hybridized carbons (Fsp3) is 0.0667. The molecule has 91 valence electrons. The normalized spacial score (nSPS) is 19.5. The molecular weight excluding hydrogens is 299 g/mol. The van der Waals surface area contributed by atoms with Gasteiger partial charge < -0.3 is 0 Å². The minimum absolute atomic E-state index is 0. The molecule has 18 heavy (non-hydrogen) atoms. The molecule has 0 nitrogen and oxygen atoms in total. The van der Waals surface area contributed by atoms with E-state index in [0.29, 0.717) is 0 Å². The molecule has 1 aliphatic carbocycles. The number of rotatable bonds is 1. The molecule has 1 atom stereocenters. The van der Waals surface area contributed by atoms with Gasteiger partial charge >= 0.3 is 108 Å². The standard InChI is InChI=1S/C15H11.2ClH.Ti/c1-2-6-12(7-3-1)15-11-10-13-8-4-5-9-14(13)15;;;/h1-11H;2*1H;. The van der Waals surface area contributed by atoms with Crippen LogP contribution < -0.4 is 0 Å². The van der Waals surface area contributed by atoms with Crippen molar-refractivity contribution in [3.8, 4) is 0 Å². The molecule has 0 amide bonds. The summed E-state index contributed by atoms with van der Waals surface area (Å²) in [4.78, 5) is 0. The van der Waals surface area contributed by atoms with Crippen molar-refractivity contribution in [2.75, 3.05) is 0 Å². The van der Waals surface area contributed by atoms with Crippen molar-refractivity contribution in [1.29, 1.82) is 0 Å². The van der Waals surface area contributed by atoms with Crippen LogP contribution >= 0.6 is 24.8 Å². The zero-order valence-corrected chi connectivity index (χ0v) is 12.9.